The van der Waals surface area contributed by atoms with E-state index in [1.165, 1.54) is 0 Å². The summed E-state index contributed by atoms with van der Waals surface area (Å²) >= 11 is 0. The van der Waals surface area contributed by atoms with E-state index in [-0.39, 0.29) is 17.9 Å². The Hall–Kier alpha value is -1.06. The Kier molecular flexibility index (Phi) is 4.33. The van der Waals surface area contributed by atoms with Crippen LogP contribution in [0, 0.1) is 11.8 Å². The highest BCUT2D eigenvalue weighted by Crippen LogP contribution is 2.27. The fourth-order valence-electron chi connectivity index (χ4n) is 2.45. The molecule has 0 saturated carbocycles. The van der Waals surface area contributed by atoms with E-state index in [4.69, 9.17) is 5.11 Å². The van der Waals surface area contributed by atoms with Crippen LogP contribution in [0.5, 0.6) is 0 Å². The van der Waals surface area contributed by atoms with Crippen molar-refractivity contribution in [1.29, 1.82) is 0 Å². The fraction of sp³-hybridized carbons (Fsp3) is 0.833. The quantitative estimate of drug-likeness (QED) is 0.796. The van der Waals surface area contributed by atoms with Crippen molar-refractivity contribution in [3.8, 4) is 0 Å². The number of carbonyl (C=O) groups is 2. The zero-order chi connectivity index (χ0) is 12.3. The molecule has 1 N–H and O–H groups in total. The summed E-state index contributed by atoms with van der Waals surface area (Å²) in [7, 11) is 0. The highest BCUT2D eigenvalue weighted by Gasteiger charge is 2.39. The van der Waals surface area contributed by atoms with Crippen molar-refractivity contribution >= 4 is 11.9 Å². The minimum absolute atomic E-state index is 0.0509. The highest BCUT2D eigenvalue weighted by atomic mass is 16.4. The largest absolute Gasteiger partial charge is 0.481 e. The molecule has 4 nitrogen and oxygen atoms in total. The van der Waals surface area contributed by atoms with Crippen LogP contribution in [0.1, 0.15) is 40.0 Å². The zero-order valence-electron chi connectivity index (χ0n) is 10.3. The molecule has 0 spiro atoms. The molecule has 0 radical (unpaired) electrons. The molecule has 0 bridgehead atoms. The Labute approximate surface area is 96.6 Å². The van der Waals surface area contributed by atoms with Crippen LogP contribution in [0.4, 0.5) is 0 Å². The molecule has 1 saturated heterocycles. The predicted octanol–water partition coefficient (Wildman–Crippen LogP) is 1.74. The Balaban J connectivity index is 2.69. The number of rotatable bonds is 4. The Morgan fingerprint density at radius 2 is 1.94 bits per heavy atom. The minimum atomic E-state index is -0.785. The van der Waals surface area contributed by atoms with Crippen LogP contribution in [-0.2, 0) is 9.59 Å². The van der Waals surface area contributed by atoms with Crippen molar-refractivity contribution in [3.05, 3.63) is 0 Å². The number of carboxylic acid groups (broad SMARTS) is 1. The van der Waals surface area contributed by atoms with E-state index in [0.29, 0.717) is 13.0 Å². The van der Waals surface area contributed by atoms with Crippen molar-refractivity contribution in [3.63, 3.8) is 0 Å². The molecule has 92 valence electrons. The molecule has 4 heteroatoms. The summed E-state index contributed by atoms with van der Waals surface area (Å²) < 4.78 is 0. The number of amides is 1. The molecule has 1 aliphatic heterocycles. The third-order valence-electron chi connectivity index (χ3n) is 3.69. The maximum Gasteiger partial charge on any atom is 0.308 e. The van der Waals surface area contributed by atoms with Crippen LogP contribution in [-0.4, -0.2) is 34.5 Å². The SMILES string of the molecule is CCC(CC)C(=O)N1CCC(C(=O)O)C1C. The van der Waals surface area contributed by atoms with Crippen molar-refractivity contribution in [1.82, 2.24) is 4.90 Å². The summed E-state index contributed by atoms with van der Waals surface area (Å²) in [5, 5.41) is 9.00. The summed E-state index contributed by atoms with van der Waals surface area (Å²) in [4.78, 5) is 24.8. The van der Waals surface area contributed by atoms with Gasteiger partial charge in [-0.1, -0.05) is 13.8 Å². The first kappa shape index (κ1) is 13.0. The summed E-state index contributed by atoms with van der Waals surface area (Å²) in [5.41, 5.74) is 0. The molecular formula is C12H21NO3. The molecule has 16 heavy (non-hydrogen) atoms. The number of hydrogen-bond donors (Lipinski definition) is 1. The van der Waals surface area contributed by atoms with Crippen molar-refractivity contribution in [2.24, 2.45) is 11.8 Å². The average Bonchev–Trinajstić information content (AvgIpc) is 2.61. The van der Waals surface area contributed by atoms with Crippen LogP contribution in [0.2, 0.25) is 0 Å². The van der Waals surface area contributed by atoms with Gasteiger partial charge in [0.2, 0.25) is 5.91 Å². The van der Waals surface area contributed by atoms with Gasteiger partial charge in [0.25, 0.3) is 0 Å². The van der Waals surface area contributed by atoms with E-state index in [9.17, 15) is 9.59 Å². The second-order valence-electron chi connectivity index (χ2n) is 4.52. The first-order valence-electron chi connectivity index (χ1n) is 6.06. The Morgan fingerprint density at radius 3 is 2.31 bits per heavy atom. The minimum Gasteiger partial charge on any atom is -0.481 e. The topological polar surface area (TPSA) is 57.6 Å². The number of carboxylic acids is 1. The van der Waals surface area contributed by atoms with E-state index >= 15 is 0 Å². The summed E-state index contributed by atoms with van der Waals surface area (Å²) in [6.07, 6.45) is 2.25. The van der Waals surface area contributed by atoms with Gasteiger partial charge in [0.15, 0.2) is 0 Å². The first-order chi connectivity index (χ1) is 7.52. The zero-order valence-corrected chi connectivity index (χ0v) is 10.3. The van der Waals surface area contributed by atoms with Gasteiger partial charge in [0.1, 0.15) is 0 Å². The number of nitrogens with zero attached hydrogens (tertiary/aromatic N) is 1. The van der Waals surface area contributed by atoms with Crippen LogP contribution in [0.3, 0.4) is 0 Å². The molecule has 2 unspecified atom stereocenters. The second-order valence-corrected chi connectivity index (χ2v) is 4.52. The van der Waals surface area contributed by atoms with Gasteiger partial charge in [0.05, 0.1) is 5.92 Å². The number of likely N-dealkylation sites (tertiary alicyclic amines) is 1. The third kappa shape index (κ3) is 2.36. The van der Waals surface area contributed by atoms with Crippen LogP contribution in [0.25, 0.3) is 0 Å². The molecule has 1 aliphatic rings. The lowest BCUT2D eigenvalue weighted by Crippen LogP contribution is -2.40. The number of carbonyl (C=O) groups excluding carboxylic acids is 1. The molecule has 0 aliphatic carbocycles. The first-order valence-corrected chi connectivity index (χ1v) is 6.06. The van der Waals surface area contributed by atoms with Crippen LogP contribution < -0.4 is 0 Å². The molecule has 1 rings (SSSR count). The predicted molar refractivity (Wildman–Crippen MR) is 61.0 cm³/mol. The lowest BCUT2D eigenvalue weighted by molar-refractivity contribution is -0.143. The van der Waals surface area contributed by atoms with Gasteiger partial charge in [-0.25, -0.2) is 0 Å². The number of hydrogen-bond acceptors (Lipinski definition) is 2. The van der Waals surface area contributed by atoms with Gasteiger partial charge in [-0.15, -0.1) is 0 Å². The molecule has 1 amide bonds. The van der Waals surface area contributed by atoms with Gasteiger partial charge < -0.3 is 10.0 Å². The molecule has 0 aromatic carbocycles. The maximum atomic E-state index is 12.1. The smallest absolute Gasteiger partial charge is 0.308 e. The van der Waals surface area contributed by atoms with Gasteiger partial charge in [0, 0.05) is 18.5 Å². The van der Waals surface area contributed by atoms with Crippen LogP contribution >= 0.6 is 0 Å². The summed E-state index contributed by atoms with van der Waals surface area (Å²) in [5.74, 6) is -0.998. The standard InChI is InChI=1S/C12H21NO3/c1-4-9(5-2)11(14)13-7-6-10(8(13)3)12(15)16/h8-10H,4-7H2,1-3H3,(H,15,16). The van der Waals surface area contributed by atoms with Crippen molar-refractivity contribution < 1.29 is 14.7 Å². The monoisotopic (exact) mass is 227 g/mol. The van der Waals surface area contributed by atoms with Crippen molar-refractivity contribution in [2.75, 3.05) is 6.54 Å². The maximum absolute atomic E-state index is 12.1. The molecule has 1 fully saturated rings. The Bertz CT molecular complexity index is 273. The van der Waals surface area contributed by atoms with E-state index < -0.39 is 11.9 Å². The number of aliphatic carboxylic acids is 1. The highest BCUT2D eigenvalue weighted by molar-refractivity contribution is 5.81. The second kappa shape index (κ2) is 5.32. The van der Waals surface area contributed by atoms with E-state index in [1.807, 2.05) is 20.8 Å². The van der Waals surface area contributed by atoms with E-state index in [1.54, 1.807) is 4.90 Å². The van der Waals surface area contributed by atoms with Crippen LogP contribution in [0.15, 0.2) is 0 Å². The van der Waals surface area contributed by atoms with Gasteiger partial charge in [-0.05, 0) is 26.2 Å². The van der Waals surface area contributed by atoms with E-state index in [0.717, 1.165) is 12.8 Å². The third-order valence-corrected chi connectivity index (χ3v) is 3.69. The Morgan fingerprint density at radius 1 is 1.38 bits per heavy atom. The fourth-order valence-corrected chi connectivity index (χ4v) is 2.45. The van der Waals surface area contributed by atoms with E-state index in [2.05, 4.69) is 0 Å². The average molecular weight is 227 g/mol. The molecule has 2 atom stereocenters. The summed E-state index contributed by atoms with van der Waals surface area (Å²) in [6, 6.07) is -0.161. The molecular weight excluding hydrogens is 206 g/mol. The van der Waals surface area contributed by atoms with Gasteiger partial charge in [-0.2, -0.15) is 0 Å². The van der Waals surface area contributed by atoms with Gasteiger partial charge >= 0.3 is 5.97 Å². The normalized spacial score (nSPS) is 25.1. The summed E-state index contributed by atoms with van der Waals surface area (Å²) in [6.45, 7) is 6.43. The lowest BCUT2D eigenvalue weighted by atomic mass is 9.99. The van der Waals surface area contributed by atoms with Gasteiger partial charge in [-0.3, -0.25) is 9.59 Å². The molecule has 0 aromatic rings. The lowest BCUT2D eigenvalue weighted by Gasteiger charge is -2.27. The molecule has 1 heterocycles. The van der Waals surface area contributed by atoms with Crippen molar-refractivity contribution in [2.45, 2.75) is 46.1 Å². The molecule has 0 aromatic heterocycles.